The number of hydrogen-bond acceptors (Lipinski definition) is 5. The van der Waals surface area contributed by atoms with Gasteiger partial charge in [0, 0.05) is 16.7 Å². The second kappa shape index (κ2) is 7.99. The summed E-state index contributed by atoms with van der Waals surface area (Å²) in [6.07, 6.45) is 0. The molecule has 0 amide bonds. The molecule has 0 saturated carbocycles. The van der Waals surface area contributed by atoms with Gasteiger partial charge in [-0.2, -0.15) is 0 Å². The number of esters is 1. The van der Waals surface area contributed by atoms with Crippen molar-refractivity contribution in [2.45, 2.75) is 33.1 Å². The molecule has 1 radical (unpaired) electrons. The lowest BCUT2D eigenvalue weighted by Gasteiger charge is -2.34. The predicted molar refractivity (Wildman–Crippen MR) is 127 cm³/mol. The van der Waals surface area contributed by atoms with Gasteiger partial charge in [-0.1, -0.05) is 45.5 Å². The Bertz CT molecular complexity index is 1390. The molecular weight excluding hydrogens is 432 g/mol. The molecule has 0 unspecified atom stereocenters. The lowest BCUT2D eigenvalue weighted by molar-refractivity contribution is 0.0569. The van der Waals surface area contributed by atoms with E-state index in [0.29, 0.717) is 33.6 Å². The number of fused-ring (bicyclic) bond motifs is 4. The van der Waals surface area contributed by atoms with Crippen LogP contribution >= 0.6 is 0 Å². The summed E-state index contributed by atoms with van der Waals surface area (Å²) in [6.45, 7) is 11.2. The molecule has 0 aliphatic heterocycles. The minimum Gasteiger partial charge on any atom is -0.506 e. The number of carbonyl (C=O) groups is 3. The number of carbonyl (C=O) groups excluding carboxylic acids is 3. The summed E-state index contributed by atoms with van der Waals surface area (Å²) in [5.41, 5.74) is 3.81. The van der Waals surface area contributed by atoms with E-state index < -0.39 is 17.4 Å². The van der Waals surface area contributed by atoms with Gasteiger partial charge in [0.25, 0.3) is 0 Å². The van der Waals surface area contributed by atoms with Crippen LogP contribution in [0.2, 0.25) is 0 Å². The minimum absolute atomic E-state index is 0.193. The SMILES string of the molecule is C=C(C)C(=O)c1ccc(C(=O)Oc2ccc3c(c2C(C)(C)C)-c2ccc(C([O])=O)c(O)c2-3)cc1. The Hall–Kier alpha value is -4.19. The van der Waals surface area contributed by atoms with Gasteiger partial charge in [-0.15, -0.1) is 0 Å². The molecular formula is C28H23O6. The largest absolute Gasteiger partial charge is 0.506 e. The average Bonchev–Trinajstić information content (AvgIpc) is 2.75. The molecule has 0 bridgehead atoms. The number of benzene rings is 3. The average molecular weight is 455 g/mol. The van der Waals surface area contributed by atoms with Gasteiger partial charge in [-0.3, -0.25) is 4.79 Å². The van der Waals surface area contributed by atoms with Crippen molar-refractivity contribution in [3.8, 4) is 33.8 Å². The lowest BCUT2D eigenvalue weighted by Crippen LogP contribution is -2.20. The smallest absolute Gasteiger partial charge is 0.390 e. The number of Topliss-reactive ketones (excluding diaryl/α,β-unsaturated/α-hetero) is 1. The molecule has 6 heteroatoms. The third kappa shape index (κ3) is 3.67. The van der Waals surface area contributed by atoms with Crippen molar-refractivity contribution in [2.24, 2.45) is 0 Å². The van der Waals surface area contributed by atoms with Crippen molar-refractivity contribution in [3.05, 3.63) is 82.9 Å². The highest BCUT2D eigenvalue weighted by Crippen LogP contribution is 2.57. The van der Waals surface area contributed by atoms with E-state index in [1.165, 1.54) is 18.2 Å². The number of ether oxygens (including phenoxy) is 1. The Labute approximate surface area is 197 Å². The Balaban J connectivity index is 1.72. The normalized spacial score (nSPS) is 11.6. The first-order valence-electron chi connectivity index (χ1n) is 10.7. The zero-order valence-corrected chi connectivity index (χ0v) is 19.3. The van der Waals surface area contributed by atoms with Crippen molar-refractivity contribution in [3.63, 3.8) is 0 Å². The first kappa shape index (κ1) is 23.0. The Morgan fingerprint density at radius 1 is 0.853 bits per heavy atom. The molecule has 1 aliphatic carbocycles. The van der Waals surface area contributed by atoms with Gasteiger partial charge in [-0.05, 0) is 64.9 Å². The highest BCUT2D eigenvalue weighted by molar-refractivity contribution is 6.11. The van der Waals surface area contributed by atoms with Crippen molar-refractivity contribution < 1.29 is 29.3 Å². The van der Waals surface area contributed by atoms with Crippen LogP contribution in [0.1, 0.15) is 64.3 Å². The van der Waals surface area contributed by atoms with Crippen LogP contribution in [0.25, 0.3) is 22.3 Å². The van der Waals surface area contributed by atoms with Crippen molar-refractivity contribution >= 4 is 17.7 Å². The monoisotopic (exact) mass is 455 g/mol. The molecule has 3 aromatic rings. The number of phenolic OH excluding ortho intramolecular Hbond substituents is 1. The molecule has 1 N–H and O–H groups in total. The van der Waals surface area contributed by atoms with Gasteiger partial charge in [-0.25, -0.2) is 14.7 Å². The number of rotatable bonds is 5. The maximum atomic E-state index is 12.9. The predicted octanol–water partition coefficient (Wildman–Crippen LogP) is 5.89. The van der Waals surface area contributed by atoms with E-state index in [0.717, 1.165) is 11.1 Å². The fraction of sp³-hybridized carbons (Fsp3) is 0.179. The van der Waals surface area contributed by atoms with Gasteiger partial charge in [0.05, 0.1) is 5.56 Å². The van der Waals surface area contributed by atoms with E-state index >= 15 is 0 Å². The molecule has 0 atom stereocenters. The van der Waals surface area contributed by atoms with Gasteiger partial charge >= 0.3 is 11.9 Å². The van der Waals surface area contributed by atoms with E-state index in [-0.39, 0.29) is 22.7 Å². The molecule has 0 fully saturated rings. The summed E-state index contributed by atoms with van der Waals surface area (Å²) in [6, 6.07) is 12.5. The van der Waals surface area contributed by atoms with Crippen LogP contribution in [0.4, 0.5) is 0 Å². The number of hydrogen-bond donors (Lipinski definition) is 1. The molecule has 0 aromatic heterocycles. The van der Waals surface area contributed by atoms with Crippen molar-refractivity contribution in [2.75, 3.05) is 0 Å². The maximum Gasteiger partial charge on any atom is 0.390 e. The summed E-state index contributed by atoms with van der Waals surface area (Å²) in [4.78, 5) is 36.3. The molecule has 4 rings (SSSR count). The zero-order valence-electron chi connectivity index (χ0n) is 19.3. The van der Waals surface area contributed by atoms with E-state index in [1.807, 2.05) is 20.8 Å². The van der Waals surface area contributed by atoms with E-state index in [9.17, 15) is 24.6 Å². The zero-order chi connectivity index (χ0) is 24.9. The summed E-state index contributed by atoms with van der Waals surface area (Å²) >= 11 is 0. The van der Waals surface area contributed by atoms with Crippen LogP contribution in [-0.4, -0.2) is 22.8 Å². The number of ketones is 1. The summed E-state index contributed by atoms with van der Waals surface area (Å²) in [7, 11) is 0. The molecule has 3 aromatic carbocycles. The van der Waals surface area contributed by atoms with Crippen LogP contribution in [0, 0.1) is 0 Å². The van der Waals surface area contributed by atoms with Crippen LogP contribution < -0.4 is 4.74 Å². The third-order valence-corrected chi connectivity index (χ3v) is 5.83. The van der Waals surface area contributed by atoms with E-state index in [2.05, 4.69) is 6.58 Å². The highest BCUT2D eigenvalue weighted by Gasteiger charge is 2.36. The van der Waals surface area contributed by atoms with Crippen LogP contribution in [0.3, 0.4) is 0 Å². The van der Waals surface area contributed by atoms with Gasteiger partial charge in [0.2, 0.25) is 0 Å². The molecule has 0 saturated heterocycles. The summed E-state index contributed by atoms with van der Waals surface area (Å²) in [5, 5.41) is 21.8. The molecule has 0 heterocycles. The summed E-state index contributed by atoms with van der Waals surface area (Å²) < 4.78 is 5.77. The Morgan fingerprint density at radius 3 is 1.97 bits per heavy atom. The quantitative estimate of drug-likeness (QED) is 0.175. The van der Waals surface area contributed by atoms with Gasteiger partial charge in [0.15, 0.2) is 5.78 Å². The van der Waals surface area contributed by atoms with E-state index in [4.69, 9.17) is 4.74 Å². The highest BCUT2D eigenvalue weighted by atomic mass is 16.5. The topological polar surface area (TPSA) is 101 Å². The van der Waals surface area contributed by atoms with Crippen molar-refractivity contribution in [1.82, 2.24) is 0 Å². The Kier molecular flexibility index (Phi) is 5.40. The van der Waals surface area contributed by atoms with Crippen LogP contribution in [-0.2, 0) is 10.5 Å². The second-order valence-corrected chi connectivity index (χ2v) is 9.36. The minimum atomic E-state index is -1.45. The molecule has 171 valence electrons. The van der Waals surface area contributed by atoms with Gasteiger partial charge in [0.1, 0.15) is 17.1 Å². The van der Waals surface area contributed by atoms with Crippen molar-refractivity contribution in [1.29, 1.82) is 0 Å². The molecule has 0 spiro atoms. The Morgan fingerprint density at radius 2 is 1.41 bits per heavy atom. The number of aromatic hydroxyl groups is 1. The first-order valence-corrected chi connectivity index (χ1v) is 10.7. The first-order chi connectivity index (χ1) is 15.9. The maximum absolute atomic E-state index is 12.9. The molecule has 6 nitrogen and oxygen atoms in total. The van der Waals surface area contributed by atoms with E-state index in [1.54, 1.807) is 37.3 Å². The summed E-state index contributed by atoms with van der Waals surface area (Å²) in [5.74, 6) is -2.19. The number of allylic oxidation sites excluding steroid dienone is 1. The standard InChI is InChI=1S/C28H23O6/c1-14(2)24(29)15-6-8-16(9-7-15)27(33)34-20-13-12-18-21(23(20)28(3,4)5)17-10-11-19(26(31)32)25(30)22(17)18/h6-13,30H,1H2,2-5H3. The third-order valence-electron chi connectivity index (χ3n) is 5.83. The fourth-order valence-electron chi connectivity index (χ4n) is 4.24. The molecule has 1 aliphatic rings. The fourth-order valence-corrected chi connectivity index (χ4v) is 4.24. The lowest BCUT2D eigenvalue weighted by atomic mass is 9.70. The second-order valence-electron chi connectivity index (χ2n) is 9.36. The van der Waals surface area contributed by atoms with Crippen LogP contribution in [0.5, 0.6) is 11.5 Å². The molecule has 34 heavy (non-hydrogen) atoms. The number of phenols is 1. The van der Waals surface area contributed by atoms with Crippen LogP contribution in [0.15, 0.2) is 60.7 Å². The van der Waals surface area contributed by atoms with Gasteiger partial charge < -0.3 is 9.84 Å².